The second kappa shape index (κ2) is 5.81. The fourth-order valence-electron chi connectivity index (χ4n) is 1.56. The van der Waals surface area contributed by atoms with E-state index in [0.717, 1.165) is 5.56 Å². The number of ether oxygens (including phenoxy) is 1. The number of benzene rings is 1. The van der Waals surface area contributed by atoms with Crippen LogP contribution in [0.25, 0.3) is 0 Å². The predicted octanol–water partition coefficient (Wildman–Crippen LogP) is 1.58. The van der Waals surface area contributed by atoms with Gasteiger partial charge in [0.15, 0.2) is 5.75 Å². The Kier molecular flexibility index (Phi) is 3.92. The van der Waals surface area contributed by atoms with Crippen molar-refractivity contribution >= 4 is 5.97 Å². The summed E-state index contributed by atoms with van der Waals surface area (Å²) >= 11 is 0. The highest BCUT2D eigenvalue weighted by Crippen LogP contribution is 2.24. The molecule has 6 heteroatoms. The first-order valence-corrected chi connectivity index (χ1v) is 5.67. The van der Waals surface area contributed by atoms with Gasteiger partial charge in [0.25, 0.3) is 0 Å². The molecule has 1 aromatic carbocycles. The van der Waals surface area contributed by atoms with E-state index in [9.17, 15) is 9.59 Å². The largest absolute Gasteiger partial charge is 0.481 e. The number of hydrogen-bond donors (Lipinski definition) is 2. The van der Waals surface area contributed by atoms with Crippen LogP contribution in [0.5, 0.6) is 11.5 Å². The quantitative estimate of drug-likeness (QED) is 0.851. The Morgan fingerprint density at radius 3 is 2.84 bits per heavy atom. The van der Waals surface area contributed by atoms with E-state index in [1.54, 1.807) is 18.2 Å². The Balaban J connectivity index is 2.17. The average Bonchev–Trinajstić information content (AvgIpc) is 2.40. The Labute approximate surface area is 108 Å². The molecule has 2 N–H and O–H groups in total. The van der Waals surface area contributed by atoms with Crippen molar-refractivity contribution in [3.8, 4) is 11.5 Å². The van der Waals surface area contributed by atoms with Crippen molar-refractivity contribution in [3.63, 3.8) is 0 Å². The summed E-state index contributed by atoms with van der Waals surface area (Å²) in [6, 6.07) is 7.15. The van der Waals surface area contributed by atoms with Crippen molar-refractivity contribution in [2.75, 3.05) is 0 Å². The van der Waals surface area contributed by atoms with Gasteiger partial charge in [-0.25, -0.2) is 4.79 Å². The summed E-state index contributed by atoms with van der Waals surface area (Å²) in [5.41, 5.74) is 0.336. The number of aryl methyl sites for hydroxylation is 1. The number of hydrogen-bond acceptors (Lipinski definition) is 4. The van der Waals surface area contributed by atoms with Crippen molar-refractivity contribution in [1.82, 2.24) is 9.97 Å². The molecule has 98 valence electrons. The van der Waals surface area contributed by atoms with Crippen LogP contribution < -0.4 is 10.4 Å². The molecule has 1 heterocycles. The number of carboxylic acids is 1. The summed E-state index contributed by atoms with van der Waals surface area (Å²) in [5.74, 6) is 0.0838. The number of carboxylic acid groups (broad SMARTS) is 1. The molecule has 0 bridgehead atoms. The first kappa shape index (κ1) is 12.8. The standard InChI is InChI=1S/C13H12N2O4/c16-12(17)6-5-9-3-1-2-4-11(9)19-10-7-14-13(18)15-8-10/h1-4,7-8H,5-6H2,(H,16,17)(H,14,15,18). The minimum Gasteiger partial charge on any atom is -0.481 e. The van der Waals surface area contributed by atoms with Crippen LogP contribution >= 0.6 is 0 Å². The maximum atomic E-state index is 10.8. The zero-order chi connectivity index (χ0) is 13.7. The number of H-pyrrole nitrogens is 1. The van der Waals surface area contributed by atoms with Crippen LogP contribution in [-0.2, 0) is 11.2 Å². The molecule has 0 fully saturated rings. The van der Waals surface area contributed by atoms with Crippen molar-refractivity contribution in [2.45, 2.75) is 12.8 Å². The molecular weight excluding hydrogens is 248 g/mol. The highest BCUT2D eigenvalue weighted by atomic mass is 16.5. The van der Waals surface area contributed by atoms with Crippen LogP contribution in [0, 0.1) is 0 Å². The van der Waals surface area contributed by atoms with Gasteiger partial charge in [-0.1, -0.05) is 18.2 Å². The predicted molar refractivity (Wildman–Crippen MR) is 67.3 cm³/mol. The molecule has 0 saturated heterocycles. The van der Waals surface area contributed by atoms with E-state index >= 15 is 0 Å². The average molecular weight is 260 g/mol. The molecule has 0 saturated carbocycles. The number of aromatic amines is 1. The Morgan fingerprint density at radius 2 is 2.16 bits per heavy atom. The number of rotatable bonds is 5. The molecule has 0 radical (unpaired) electrons. The smallest absolute Gasteiger partial charge is 0.345 e. The number of aliphatic carboxylic acids is 1. The van der Waals surface area contributed by atoms with Crippen molar-refractivity contribution in [1.29, 1.82) is 0 Å². The molecule has 0 aliphatic carbocycles. The number of aromatic nitrogens is 2. The summed E-state index contributed by atoms with van der Waals surface area (Å²) in [4.78, 5) is 27.4. The van der Waals surface area contributed by atoms with Gasteiger partial charge in [0.1, 0.15) is 5.75 Å². The van der Waals surface area contributed by atoms with E-state index in [1.807, 2.05) is 6.07 Å². The van der Waals surface area contributed by atoms with Crippen LogP contribution in [0.4, 0.5) is 0 Å². The summed E-state index contributed by atoms with van der Waals surface area (Å²) in [7, 11) is 0. The molecular formula is C13H12N2O4. The summed E-state index contributed by atoms with van der Waals surface area (Å²) in [5, 5.41) is 8.70. The highest BCUT2D eigenvalue weighted by Gasteiger charge is 2.07. The van der Waals surface area contributed by atoms with Gasteiger partial charge in [0, 0.05) is 6.42 Å². The third kappa shape index (κ3) is 3.67. The van der Waals surface area contributed by atoms with Gasteiger partial charge in [-0.2, -0.15) is 4.98 Å². The second-order valence-electron chi connectivity index (χ2n) is 3.86. The molecule has 1 aromatic heterocycles. The number of carbonyl (C=O) groups is 1. The van der Waals surface area contributed by atoms with Gasteiger partial charge < -0.3 is 14.8 Å². The number of nitrogens with one attached hydrogen (secondary N) is 1. The SMILES string of the molecule is O=C(O)CCc1ccccc1Oc1cnc(=O)[nH]c1. The number of para-hydroxylation sites is 1. The van der Waals surface area contributed by atoms with Gasteiger partial charge in [0.2, 0.25) is 0 Å². The van der Waals surface area contributed by atoms with Gasteiger partial charge in [0.05, 0.1) is 12.4 Å². The van der Waals surface area contributed by atoms with Gasteiger partial charge in [-0.15, -0.1) is 0 Å². The molecule has 0 amide bonds. The minimum atomic E-state index is -0.861. The maximum absolute atomic E-state index is 10.8. The normalized spacial score (nSPS) is 10.1. The third-order valence-electron chi connectivity index (χ3n) is 2.46. The van der Waals surface area contributed by atoms with Crippen LogP contribution in [0.15, 0.2) is 41.5 Å². The topological polar surface area (TPSA) is 92.3 Å². The molecule has 0 aliphatic rings. The Morgan fingerprint density at radius 1 is 1.37 bits per heavy atom. The first-order valence-electron chi connectivity index (χ1n) is 5.67. The van der Waals surface area contributed by atoms with Crippen molar-refractivity contribution < 1.29 is 14.6 Å². The fraction of sp³-hybridized carbons (Fsp3) is 0.154. The monoisotopic (exact) mass is 260 g/mol. The zero-order valence-corrected chi connectivity index (χ0v) is 10.00. The van der Waals surface area contributed by atoms with Crippen molar-refractivity contribution in [3.05, 3.63) is 52.7 Å². The molecule has 19 heavy (non-hydrogen) atoms. The van der Waals surface area contributed by atoms with E-state index in [2.05, 4.69) is 9.97 Å². The van der Waals surface area contributed by atoms with Crippen molar-refractivity contribution in [2.24, 2.45) is 0 Å². The number of nitrogens with zero attached hydrogens (tertiary/aromatic N) is 1. The highest BCUT2D eigenvalue weighted by molar-refractivity contribution is 5.67. The van der Waals surface area contributed by atoms with Crippen LogP contribution in [0.2, 0.25) is 0 Å². The molecule has 0 aliphatic heterocycles. The van der Waals surface area contributed by atoms with E-state index in [1.165, 1.54) is 12.4 Å². The minimum absolute atomic E-state index is 0.0320. The lowest BCUT2D eigenvalue weighted by Crippen LogP contribution is -2.08. The van der Waals surface area contributed by atoms with Gasteiger partial charge >= 0.3 is 11.7 Å². The lowest BCUT2D eigenvalue weighted by molar-refractivity contribution is -0.136. The van der Waals surface area contributed by atoms with Gasteiger partial charge in [-0.3, -0.25) is 4.79 Å². The maximum Gasteiger partial charge on any atom is 0.345 e. The molecule has 0 unspecified atom stereocenters. The molecule has 6 nitrogen and oxygen atoms in total. The van der Waals surface area contributed by atoms with Crippen LogP contribution in [-0.4, -0.2) is 21.0 Å². The second-order valence-corrected chi connectivity index (χ2v) is 3.86. The third-order valence-corrected chi connectivity index (χ3v) is 2.46. The molecule has 2 aromatic rings. The Hall–Kier alpha value is -2.63. The van der Waals surface area contributed by atoms with Crippen LogP contribution in [0.3, 0.4) is 0 Å². The molecule has 0 spiro atoms. The van der Waals surface area contributed by atoms with E-state index < -0.39 is 11.7 Å². The van der Waals surface area contributed by atoms with Crippen LogP contribution in [0.1, 0.15) is 12.0 Å². The summed E-state index contributed by atoms with van der Waals surface area (Å²) < 4.78 is 5.57. The summed E-state index contributed by atoms with van der Waals surface area (Å²) in [6.07, 6.45) is 3.13. The van der Waals surface area contributed by atoms with Gasteiger partial charge in [-0.05, 0) is 18.1 Å². The fourth-order valence-corrected chi connectivity index (χ4v) is 1.56. The molecule has 2 rings (SSSR count). The van der Waals surface area contributed by atoms with E-state index in [-0.39, 0.29) is 6.42 Å². The van der Waals surface area contributed by atoms with E-state index in [0.29, 0.717) is 17.9 Å². The lowest BCUT2D eigenvalue weighted by Gasteiger charge is -2.09. The molecule has 0 atom stereocenters. The zero-order valence-electron chi connectivity index (χ0n) is 10.00. The first-order chi connectivity index (χ1) is 9.15. The Bertz CT molecular complexity index is 616. The lowest BCUT2D eigenvalue weighted by atomic mass is 10.1. The summed E-state index contributed by atoms with van der Waals surface area (Å²) in [6.45, 7) is 0. The van der Waals surface area contributed by atoms with E-state index in [4.69, 9.17) is 9.84 Å².